The van der Waals surface area contributed by atoms with Gasteiger partial charge in [0.1, 0.15) is 5.82 Å². The Balaban J connectivity index is 2.21. The molecule has 1 unspecified atom stereocenters. The van der Waals surface area contributed by atoms with Crippen molar-refractivity contribution < 1.29 is 0 Å². The van der Waals surface area contributed by atoms with Crippen LogP contribution in [0.2, 0.25) is 0 Å². The van der Waals surface area contributed by atoms with Gasteiger partial charge in [-0.05, 0) is 37.8 Å². The Morgan fingerprint density at radius 1 is 1.20 bits per heavy atom. The molecule has 0 amide bonds. The van der Waals surface area contributed by atoms with E-state index in [2.05, 4.69) is 37.1 Å². The van der Waals surface area contributed by atoms with Gasteiger partial charge in [-0.1, -0.05) is 32.0 Å². The zero-order valence-corrected chi connectivity index (χ0v) is 12.4. The number of para-hydroxylation sites is 1. The smallest absolute Gasteiger partial charge is 0.128 e. The SMILES string of the molecule is CC(C)CCC(C)Nc1cc(C#N)c2ccccc2n1. The molecule has 1 aromatic carbocycles. The average Bonchev–Trinajstić information content (AvgIpc) is 2.44. The molecule has 0 radical (unpaired) electrons. The van der Waals surface area contributed by atoms with Crippen LogP contribution in [0.4, 0.5) is 5.82 Å². The van der Waals surface area contributed by atoms with Crippen LogP contribution >= 0.6 is 0 Å². The fourth-order valence-corrected chi connectivity index (χ4v) is 2.25. The first-order chi connectivity index (χ1) is 9.60. The van der Waals surface area contributed by atoms with Crippen LogP contribution in [0.1, 0.15) is 39.2 Å². The van der Waals surface area contributed by atoms with Crippen LogP contribution in [0.15, 0.2) is 30.3 Å². The molecule has 2 rings (SSSR count). The van der Waals surface area contributed by atoms with Crippen molar-refractivity contribution in [1.82, 2.24) is 4.98 Å². The third kappa shape index (κ3) is 3.48. The van der Waals surface area contributed by atoms with E-state index < -0.39 is 0 Å². The molecule has 0 bridgehead atoms. The average molecular weight is 267 g/mol. The van der Waals surface area contributed by atoms with E-state index in [1.807, 2.05) is 30.3 Å². The fourth-order valence-electron chi connectivity index (χ4n) is 2.25. The van der Waals surface area contributed by atoms with Gasteiger partial charge in [0.05, 0.1) is 17.1 Å². The maximum atomic E-state index is 9.26. The summed E-state index contributed by atoms with van der Waals surface area (Å²) >= 11 is 0. The van der Waals surface area contributed by atoms with Crippen LogP contribution in [0, 0.1) is 17.2 Å². The zero-order chi connectivity index (χ0) is 14.5. The van der Waals surface area contributed by atoms with Crippen molar-refractivity contribution in [2.24, 2.45) is 5.92 Å². The number of anilines is 1. The molecule has 1 N–H and O–H groups in total. The van der Waals surface area contributed by atoms with Crippen LogP contribution in [0.3, 0.4) is 0 Å². The quantitative estimate of drug-likeness (QED) is 0.876. The second kappa shape index (κ2) is 6.38. The molecule has 0 aliphatic carbocycles. The minimum atomic E-state index is 0.359. The van der Waals surface area contributed by atoms with Gasteiger partial charge in [-0.25, -0.2) is 4.98 Å². The summed E-state index contributed by atoms with van der Waals surface area (Å²) in [4.78, 5) is 4.59. The number of benzene rings is 1. The van der Waals surface area contributed by atoms with Gasteiger partial charge in [0.25, 0.3) is 0 Å². The van der Waals surface area contributed by atoms with Crippen LogP contribution in [0.5, 0.6) is 0 Å². The highest BCUT2D eigenvalue weighted by Gasteiger charge is 2.08. The summed E-state index contributed by atoms with van der Waals surface area (Å²) in [6.45, 7) is 6.62. The summed E-state index contributed by atoms with van der Waals surface area (Å²) in [7, 11) is 0. The molecule has 0 aliphatic heterocycles. The van der Waals surface area contributed by atoms with Crippen LogP contribution in [0.25, 0.3) is 10.9 Å². The third-order valence-electron chi connectivity index (χ3n) is 3.41. The van der Waals surface area contributed by atoms with Gasteiger partial charge in [-0.2, -0.15) is 5.26 Å². The summed E-state index contributed by atoms with van der Waals surface area (Å²) in [6.07, 6.45) is 2.29. The van der Waals surface area contributed by atoms with E-state index in [9.17, 15) is 5.26 Å². The van der Waals surface area contributed by atoms with E-state index in [0.29, 0.717) is 17.5 Å². The number of rotatable bonds is 5. The summed E-state index contributed by atoms with van der Waals surface area (Å²) < 4.78 is 0. The first kappa shape index (κ1) is 14.3. The van der Waals surface area contributed by atoms with Gasteiger partial charge < -0.3 is 5.32 Å². The molecule has 20 heavy (non-hydrogen) atoms. The normalized spacial score (nSPS) is 12.3. The van der Waals surface area contributed by atoms with Crippen molar-refractivity contribution in [3.63, 3.8) is 0 Å². The van der Waals surface area contributed by atoms with E-state index in [1.165, 1.54) is 6.42 Å². The van der Waals surface area contributed by atoms with Crippen LogP contribution in [-0.4, -0.2) is 11.0 Å². The van der Waals surface area contributed by atoms with Gasteiger partial charge in [-0.3, -0.25) is 0 Å². The number of nitrogens with one attached hydrogen (secondary N) is 1. The first-order valence-electron chi connectivity index (χ1n) is 7.16. The van der Waals surface area contributed by atoms with Gasteiger partial charge in [0, 0.05) is 11.4 Å². The van der Waals surface area contributed by atoms with Crippen molar-refractivity contribution >= 4 is 16.7 Å². The number of fused-ring (bicyclic) bond motifs is 1. The summed E-state index contributed by atoms with van der Waals surface area (Å²) in [6, 6.07) is 12.2. The van der Waals surface area contributed by atoms with Gasteiger partial charge in [-0.15, -0.1) is 0 Å². The number of nitriles is 1. The molecule has 0 fully saturated rings. The van der Waals surface area contributed by atoms with E-state index in [1.54, 1.807) is 0 Å². The summed E-state index contributed by atoms with van der Waals surface area (Å²) in [5.41, 5.74) is 1.54. The molecule has 104 valence electrons. The minimum absolute atomic E-state index is 0.359. The molecule has 0 aliphatic rings. The Kier molecular flexibility index (Phi) is 4.57. The Morgan fingerprint density at radius 3 is 2.65 bits per heavy atom. The van der Waals surface area contributed by atoms with E-state index in [-0.39, 0.29) is 0 Å². The van der Waals surface area contributed by atoms with Crippen molar-refractivity contribution in [1.29, 1.82) is 5.26 Å². The lowest BCUT2D eigenvalue weighted by molar-refractivity contribution is 0.527. The molecule has 3 nitrogen and oxygen atoms in total. The maximum absolute atomic E-state index is 9.26. The lowest BCUT2D eigenvalue weighted by Gasteiger charge is -2.16. The Labute approximate surface area is 120 Å². The lowest BCUT2D eigenvalue weighted by Crippen LogP contribution is -2.16. The molecule has 3 heteroatoms. The topological polar surface area (TPSA) is 48.7 Å². The van der Waals surface area contributed by atoms with Crippen LogP contribution in [-0.2, 0) is 0 Å². The standard InChI is InChI=1S/C17H21N3/c1-12(2)8-9-13(3)19-17-10-14(11-18)15-6-4-5-7-16(15)20-17/h4-7,10,12-13H,8-9H2,1-3H3,(H,19,20). The largest absolute Gasteiger partial charge is 0.368 e. The third-order valence-corrected chi connectivity index (χ3v) is 3.41. The van der Waals surface area contributed by atoms with Crippen molar-refractivity contribution in [2.45, 2.75) is 39.7 Å². The first-order valence-corrected chi connectivity index (χ1v) is 7.16. The number of nitrogens with zero attached hydrogens (tertiary/aromatic N) is 2. The minimum Gasteiger partial charge on any atom is -0.368 e. The van der Waals surface area contributed by atoms with Gasteiger partial charge >= 0.3 is 0 Å². The van der Waals surface area contributed by atoms with E-state index in [0.717, 1.165) is 23.1 Å². The van der Waals surface area contributed by atoms with E-state index >= 15 is 0 Å². The molecular weight excluding hydrogens is 246 g/mol. The van der Waals surface area contributed by atoms with Gasteiger partial charge in [0.15, 0.2) is 0 Å². The predicted molar refractivity (Wildman–Crippen MR) is 83.6 cm³/mol. The highest BCUT2D eigenvalue weighted by molar-refractivity contribution is 5.86. The van der Waals surface area contributed by atoms with Crippen molar-refractivity contribution in [2.75, 3.05) is 5.32 Å². The molecule has 1 atom stereocenters. The fraction of sp³-hybridized carbons (Fsp3) is 0.412. The highest BCUT2D eigenvalue weighted by atomic mass is 15.0. The Bertz CT molecular complexity index is 626. The Morgan fingerprint density at radius 2 is 1.95 bits per heavy atom. The summed E-state index contributed by atoms with van der Waals surface area (Å²) in [5, 5.41) is 13.6. The molecule has 1 heterocycles. The predicted octanol–water partition coefficient (Wildman–Crippen LogP) is 4.34. The number of pyridine rings is 1. The Hall–Kier alpha value is -2.08. The van der Waals surface area contributed by atoms with Crippen LogP contribution < -0.4 is 5.32 Å². The molecule has 0 saturated heterocycles. The summed E-state index contributed by atoms with van der Waals surface area (Å²) in [5.74, 6) is 1.50. The molecule has 0 saturated carbocycles. The lowest BCUT2D eigenvalue weighted by atomic mass is 10.0. The number of aromatic nitrogens is 1. The zero-order valence-electron chi connectivity index (χ0n) is 12.4. The van der Waals surface area contributed by atoms with Crippen molar-refractivity contribution in [3.05, 3.63) is 35.9 Å². The maximum Gasteiger partial charge on any atom is 0.128 e. The van der Waals surface area contributed by atoms with Gasteiger partial charge in [0.2, 0.25) is 0 Å². The molecule has 1 aromatic heterocycles. The molecular formula is C17H21N3. The monoisotopic (exact) mass is 267 g/mol. The molecule has 2 aromatic rings. The highest BCUT2D eigenvalue weighted by Crippen LogP contribution is 2.21. The second-order valence-corrected chi connectivity index (χ2v) is 5.70. The van der Waals surface area contributed by atoms with E-state index in [4.69, 9.17) is 0 Å². The second-order valence-electron chi connectivity index (χ2n) is 5.70. The number of hydrogen-bond donors (Lipinski definition) is 1. The van der Waals surface area contributed by atoms with Crippen molar-refractivity contribution in [3.8, 4) is 6.07 Å². The number of hydrogen-bond acceptors (Lipinski definition) is 3. The molecule has 0 spiro atoms.